The summed E-state index contributed by atoms with van der Waals surface area (Å²) in [6, 6.07) is 13.7. The Morgan fingerprint density at radius 1 is 0.906 bits per heavy atom. The fourth-order valence-electron chi connectivity index (χ4n) is 3.59. The fourth-order valence-corrected chi connectivity index (χ4v) is 3.59. The maximum Gasteiger partial charge on any atom is 0.255 e. The van der Waals surface area contributed by atoms with E-state index in [1.165, 1.54) is 6.92 Å². The van der Waals surface area contributed by atoms with Crippen molar-refractivity contribution < 1.29 is 14.3 Å². The van der Waals surface area contributed by atoms with E-state index >= 15 is 0 Å². The molecule has 0 atom stereocenters. The largest absolute Gasteiger partial charge is 0.378 e. The number of amides is 1. The van der Waals surface area contributed by atoms with E-state index in [-0.39, 0.29) is 11.7 Å². The van der Waals surface area contributed by atoms with Crippen LogP contribution in [0.1, 0.15) is 33.2 Å². The highest BCUT2D eigenvalue weighted by Gasteiger charge is 2.26. The number of hydrogen-bond donors (Lipinski definition) is 2. The van der Waals surface area contributed by atoms with E-state index in [4.69, 9.17) is 4.74 Å². The van der Waals surface area contributed by atoms with Gasteiger partial charge in [-0.2, -0.15) is 0 Å². The van der Waals surface area contributed by atoms with Gasteiger partial charge in [-0.25, -0.2) is 0 Å². The Bertz CT molecular complexity index is 1200. The first-order valence-corrected chi connectivity index (χ1v) is 10.3. The molecule has 0 aromatic heterocycles. The van der Waals surface area contributed by atoms with Crippen LogP contribution < -0.4 is 26.4 Å². The second-order valence-electron chi connectivity index (χ2n) is 7.62. The predicted octanol–water partition coefficient (Wildman–Crippen LogP) is 2.19. The molecule has 3 aromatic rings. The second kappa shape index (κ2) is 9.15. The maximum absolute atomic E-state index is 12.5. The van der Waals surface area contributed by atoms with Gasteiger partial charge in [0, 0.05) is 36.4 Å². The summed E-state index contributed by atoms with van der Waals surface area (Å²) in [4.78, 5) is 49.7. The standard InChI is InChI=1S/C24H23N3O5/c1-15(28)17-6-8-19(9-7-17)26-24(31)18-4-2-16(3-5-18)14-25-20-21(23(30)22(20)29)27-10-12-32-13-11-27/h2-9,25H,10-14H2,1H3,(H,26,31). The van der Waals surface area contributed by atoms with Crippen LogP contribution in [0.25, 0.3) is 0 Å². The van der Waals surface area contributed by atoms with Crippen molar-refractivity contribution in [3.63, 3.8) is 0 Å². The number of benzene rings is 2. The molecule has 8 heteroatoms. The SMILES string of the molecule is CC(=O)c1ccc(NC(=O)c2ccc(CNc3c(N4CCOCC4)c(=O)c3=O)cc2)cc1. The van der Waals surface area contributed by atoms with Gasteiger partial charge in [0.1, 0.15) is 11.4 Å². The van der Waals surface area contributed by atoms with Crippen molar-refractivity contribution in [2.24, 2.45) is 0 Å². The molecule has 1 fully saturated rings. The van der Waals surface area contributed by atoms with Crippen molar-refractivity contribution in [2.75, 3.05) is 41.8 Å². The minimum absolute atomic E-state index is 0.0344. The van der Waals surface area contributed by atoms with Gasteiger partial charge >= 0.3 is 0 Å². The molecule has 164 valence electrons. The van der Waals surface area contributed by atoms with Gasteiger partial charge in [0.25, 0.3) is 16.8 Å². The van der Waals surface area contributed by atoms with Gasteiger partial charge in [-0.3, -0.25) is 19.2 Å². The number of ether oxygens (including phenoxy) is 1. The molecule has 32 heavy (non-hydrogen) atoms. The van der Waals surface area contributed by atoms with E-state index in [2.05, 4.69) is 10.6 Å². The number of hydrogen-bond acceptors (Lipinski definition) is 7. The molecule has 0 saturated carbocycles. The highest BCUT2D eigenvalue weighted by atomic mass is 16.5. The first-order valence-electron chi connectivity index (χ1n) is 10.3. The number of carbonyl (C=O) groups excluding carboxylic acids is 2. The zero-order chi connectivity index (χ0) is 22.7. The molecule has 2 N–H and O–H groups in total. The fraction of sp³-hybridized carbons (Fsp3) is 0.250. The highest BCUT2D eigenvalue weighted by molar-refractivity contribution is 6.04. The zero-order valence-corrected chi connectivity index (χ0v) is 17.6. The van der Waals surface area contributed by atoms with Crippen LogP contribution in [0.4, 0.5) is 17.1 Å². The van der Waals surface area contributed by atoms with Gasteiger partial charge in [-0.15, -0.1) is 0 Å². The molecule has 1 heterocycles. The van der Waals surface area contributed by atoms with Gasteiger partial charge < -0.3 is 20.3 Å². The average Bonchev–Trinajstić information content (AvgIpc) is 2.82. The Morgan fingerprint density at radius 2 is 1.53 bits per heavy atom. The normalized spacial score (nSPS) is 13.7. The number of nitrogens with one attached hydrogen (secondary N) is 2. The monoisotopic (exact) mass is 433 g/mol. The lowest BCUT2D eigenvalue weighted by molar-refractivity contribution is 0.101. The van der Waals surface area contributed by atoms with Crippen molar-refractivity contribution in [3.05, 3.63) is 85.7 Å². The van der Waals surface area contributed by atoms with Crippen molar-refractivity contribution in [1.82, 2.24) is 0 Å². The molecular weight excluding hydrogens is 410 g/mol. The van der Waals surface area contributed by atoms with Crippen molar-refractivity contribution >= 4 is 28.8 Å². The summed E-state index contributed by atoms with van der Waals surface area (Å²) < 4.78 is 5.30. The number of nitrogens with zero attached hydrogens (tertiary/aromatic N) is 1. The topological polar surface area (TPSA) is 105 Å². The summed E-state index contributed by atoms with van der Waals surface area (Å²) in [7, 11) is 0. The molecule has 8 nitrogen and oxygen atoms in total. The zero-order valence-electron chi connectivity index (χ0n) is 17.6. The molecule has 4 rings (SSSR count). The molecule has 1 aliphatic rings. The van der Waals surface area contributed by atoms with E-state index < -0.39 is 10.9 Å². The molecule has 0 aliphatic carbocycles. The molecule has 3 aromatic carbocycles. The minimum Gasteiger partial charge on any atom is -0.378 e. The molecule has 0 bridgehead atoms. The van der Waals surface area contributed by atoms with E-state index in [9.17, 15) is 19.2 Å². The van der Waals surface area contributed by atoms with Crippen molar-refractivity contribution in [1.29, 1.82) is 0 Å². The van der Waals surface area contributed by atoms with E-state index in [0.717, 1.165) is 5.56 Å². The van der Waals surface area contributed by atoms with Crippen LogP contribution in [0, 0.1) is 0 Å². The average molecular weight is 433 g/mol. The third-order valence-corrected chi connectivity index (χ3v) is 5.45. The molecule has 0 radical (unpaired) electrons. The molecular formula is C24H23N3O5. The number of Topliss-reactive ketones (excluding diaryl/α,β-unsaturated/α-hetero) is 1. The summed E-state index contributed by atoms with van der Waals surface area (Å²) in [6.07, 6.45) is 0. The summed E-state index contributed by atoms with van der Waals surface area (Å²) in [5.41, 5.74) is 2.34. The van der Waals surface area contributed by atoms with Crippen LogP contribution in [0.15, 0.2) is 58.1 Å². The third-order valence-electron chi connectivity index (χ3n) is 5.45. The first-order chi connectivity index (χ1) is 15.4. The number of rotatable bonds is 7. The number of carbonyl (C=O) groups is 2. The minimum atomic E-state index is -0.502. The molecule has 0 spiro atoms. The summed E-state index contributed by atoms with van der Waals surface area (Å²) >= 11 is 0. The van der Waals surface area contributed by atoms with E-state index in [1.54, 1.807) is 48.5 Å². The lowest BCUT2D eigenvalue weighted by Gasteiger charge is -2.30. The van der Waals surface area contributed by atoms with Gasteiger partial charge in [0.15, 0.2) is 5.78 Å². The second-order valence-corrected chi connectivity index (χ2v) is 7.62. The number of anilines is 3. The summed E-state index contributed by atoms with van der Waals surface area (Å²) in [5.74, 6) is -0.301. The number of ketones is 1. The Balaban J connectivity index is 1.37. The van der Waals surface area contributed by atoms with Gasteiger partial charge in [-0.1, -0.05) is 12.1 Å². The smallest absolute Gasteiger partial charge is 0.255 e. The van der Waals surface area contributed by atoms with Gasteiger partial charge in [0.05, 0.1) is 13.2 Å². The third kappa shape index (κ3) is 4.45. The summed E-state index contributed by atoms with van der Waals surface area (Å²) in [6.45, 7) is 4.08. The summed E-state index contributed by atoms with van der Waals surface area (Å²) in [5, 5.41) is 5.86. The van der Waals surface area contributed by atoms with Crippen molar-refractivity contribution in [2.45, 2.75) is 13.5 Å². The maximum atomic E-state index is 12.5. The van der Waals surface area contributed by atoms with Crippen LogP contribution in [-0.2, 0) is 11.3 Å². The predicted molar refractivity (Wildman–Crippen MR) is 123 cm³/mol. The van der Waals surface area contributed by atoms with E-state index in [0.29, 0.717) is 61.0 Å². The Hall–Kier alpha value is -3.78. The van der Waals surface area contributed by atoms with Crippen molar-refractivity contribution in [3.8, 4) is 0 Å². The Morgan fingerprint density at radius 3 is 2.16 bits per heavy atom. The van der Waals surface area contributed by atoms with Crippen LogP contribution >= 0.6 is 0 Å². The Kier molecular flexibility index (Phi) is 6.13. The molecule has 1 aliphatic heterocycles. The first kappa shape index (κ1) is 21.5. The van der Waals surface area contributed by atoms with Gasteiger partial charge in [0.2, 0.25) is 0 Å². The van der Waals surface area contributed by atoms with Crippen LogP contribution in [-0.4, -0.2) is 38.0 Å². The highest BCUT2D eigenvalue weighted by Crippen LogP contribution is 2.22. The lowest BCUT2D eigenvalue weighted by atomic mass is 10.1. The van der Waals surface area contributed by atoms with Crippen LogP contribution in [0.3, 0.4) is 0 Å². The van der Waals surface area contributed by atoms with Gasteiger partial charge in [-0.05, 0) is 48.9 Å². The van der Waals surface area contributed by atoms with Crippen LogP contribution in [0.5, 0.6) is 0 Å². The Labute approximate surface area is 184 Å². The molecule has 1 saturated heterocycles. The quantitative estimate of drug-likeness (QED) is 0.435. The van der Waals surface area contributed by atoms with E-state index in [1.807, 2.05) is 4.90 Å². The number of morpholine rings is 1. The van der Waals surface area contributed by atoms with Crippen LogP contribution in [0.2, 0.25) is 0 Å². The molecule has 0 unspecified atom stereocenters. The lowest BCUT2D eigenvalue weighted by Crippen LogP contribution is -2.46. The molecule has 1 amide bonds.